The number of carbonyl (C=O) groups excluding carboxylic acids is 1. The average Bonchev–Trinajstić information content (AvgIpc) is 2.29. The molecule has 1 amide bonds. The van der Waals surface area contributed by atoms with E-state index >= 15 is 0 Å². The molecular formula is C12H14ClF3N2O. The second-order valence-electron chi connectivity index (χ2n) is 4.18. The van der Waals surface area contributed by atoms with E-state index in [0.717, 1.165) is 5.56 Å². The first-order chi connectivity index (χ1) is 8.69. The summed E-state index contributed by atoms with van der Waals surface area (Å²) in [5, 5.41) is 4.99. The van der Waals surface area contributed by atoms with Gasteiger partial charge in [0.1, 0.15) is 12.6 Å². The summed E-state index contributed by atoms with van der Waals surface area (Å²) in [6.07, 6.45) is -4.42. The molecule has 1 aromatic rings. The Morgan fingerprint density at radius 2 is 2.05 bits per heavy atom. The summed E-state index contributed by atoms with van der Waals surface area (Å²) < 4.78 is 35.9. The second-order valence-corrected chi connectivity index (χ2v) is 4.59. The zero-order valence-electron chi connectivity index (χ0n) is 10.4. The molecule has 1 rings (SSSR count). The molecule has 0 aliphatic rings. The van der Waals surface area contributed by atoms with Crippen LogP contribution in [-0.2, 0) is 4.79 Å². The first kappa shape index (κ1) is 15.6. The van der Waals surface area contributed by atoms with Crippen molar-refractivity contribution < 1.29 is 18.0 Å². The summed E-state index contributed by atoms with van der Waals surface area (Å²) in [5.41, 5.74) is 1.44. The van der Waals surface area contributed by atoms with E-state index in [1.807, 2.05) is 12.2 Å². The van der Waals surface area contributed by atoms with Crippen LogP contribution in [0.15, 0.2) is 18.2 Å². The van der Waals surface area contributed by atoms with E-state index in [0.29, 0.717) is 10.7 Å². The number of carbonyl (C=O) groups is 1. The molecule has 1 atom stereocenters. The van der Waals surface area contributed by atoms with Gasteiger partial charge in [-0.3, -0.25) is 4.79 Å². The topological polar surface area (TPSA) is 41.1 Å². The highest BCUT2D eigenvalue weighted by atomic mass is 35.5. The van der Waals surface area contributed by atoms with E-state index in [9.17, 15) is 18.0 Å². The molecule has 0 fully saturated rings. The van der Waals surface area contributed by atoms with Crippen LogP contribution >= 0.6 is 11.6 Å². The highest BCUT2D eigenvalue weighted by Crippen LogP contribution is 2.23. The van der Waals surface area contributed by atoms with Crippen molar-refractivity contribution in [2.75, 3.05) is 11.9 Å². The Bertz CT molecular complexity index is 463. The number of anilines is 1. The summed E-state index contributed by atoms with van der Waals surface area (Å²) in [7, 11) is 0. The van der Waals surface area contributed by atoms with Crippen LogP contribution in [0.2, 0.25) is 5.02 Å². The Hall–Kier alpha value is -1.43. The molecule has 2 N–H and O–H groups in total. The number of hydrogen-bond acceptors (Lipinski definition) is 2. The fourth-order valence-electron chi connectivity index (χ4n) is 1.39. The summed E-state index contributed by atoms with van der Waals surface area (Å²) in [5.74, 6) is -0.741. The number of hydrogen-bond donors (Lipinski definition) is 2. The monoisotopic (exact) mass is 294 g/mol. The first-order valence-electron chi connectivity index (χ1n) is 5.56. The van der Waals surface area contributed by atoms with Gasteiger partial charge in [-0.2, -0.15) is 13.2 Å². The SMILES string of the molecule is Cc1ccc(Cl)c(NC(C)C(=O)NCC(F)(F)F)c1. The Kier molecular flexibility index (Phi) is 5.05. The van der Waals surface area contributed by atoms with Gasteiger partial charge >= 0.3 is 6.18 Å². The van der Waals surface area contributed by atoms with Gasteiger partial charge in [0.2, 0.25) is 5.91 Å². The molecule has 0 aromatic heterocycles. The molecule has 1 aromatic carbocycles. The molecule has 3 nitrogen and oxygen atoms in total. The van der Waals surface area contributed by atoms with Gasteiger partial charge in [-0.15, -0.1) is 0 Å². The van der Waals surface area contributed by atoms with Crippen molar-refractivity contribution in [2.24, 2.45) is 0 Å². The zero-order chi connectivity index (χ0) is 14.6. The van der Waals surface area contributed by atoms with Crippen LogP contribution in [0.25, 0.3) is 0 Å². The van der Waals surface area contributed by atoms with Gasteiger partial charge in [0.25, 0.3) is 0 Å². The molecule has 0 radical (unpaired) electrons. The van der Waals surface area contributed by atoms with Crippen molar-refractivity contribution in [2.45, 2.75) is 26.1 Å². The van der Waals surface area contributed by atoms with Crippen LogP contribution in [0, 0.1) is 6.92 Å². The molecule has 0 aliphatic carbocycles. The predicted molar refractivity (Wildman–Crippen MR) is 68.3 cm³/mol. The van der Waals surface area contributed by atoms with Crippen molar-refractivity contribution >= 4 is 23.2 Å². The average molecular weight is 295 g/mol. The molecule has 19 heavy (non-hydrogen) atoms. The number of benzene rings is 1. The van der Waals surface area contributed by atoms with Gasteiger partial charge < -0.3 is 10.6 Å². The molecule has 0 spiro atoms. The molecule has 0 heterocycles. The molecule has 106 valence electrons. The van der Waals surface area contributed by atoms with Crippen LogP contribution in [0.5, 0.6) is 0 Å². The van der Waals surface area contributed by atoms with Crippen LogP contribution in [-0.4, -0.2) is 24.7 Å². The van der Waals surface area contributed by atoms with Crippen molar-refractivity contribution in [1.82, 2.24) is 5.32 Å². The lowest BCUT2D eigenvalue weighted by atomic mass is 10.2. The Labute approximate surface area is 114 Å². The smallest absolute Gasteiger partial charge is 0.373 e. The van der Waals surface area contributed by atoms with Crippen LogP contribution in [0.4, 0.5) is 18.9 Å². The lowest BCUT2D eigenvalue weighted by Gasteiger charge is -2.17. The maximum Gasteiger partial charge on any atom is 0.405 e. The Balaban J connectivity index is 2.61. The van der Waals surface area contributed by atoms with E-state index in [1.165, 1.54) is 6.92 Å². The summed E-state index contributed by atoms with van der Waals surface area (Å²) >= 11 is 5.92. The van der Waals surface area contributed by atoms with Crippen molar-refractivity contribution in [3.8, 4) is 0 Å². The van der Waals surface area contributed by atoms with E-state index < -0.39 is 24.7 Å². The molecule has 1 unspecified atom stereocenters. The molecule has 0 bridgehead atoms. The Morgan fingerprint density at radius 3 is 2.63 bits per heavy atom. The number of rotatable bonds is 4. The third-order valence-corrected chi connectivity index (χ3v) is 2.68. The summed E-state index contributed by atoms with van der Waals surface area (Å²) in [6.45, 7) is 1.96. The molecule has 7 heteroatoms. The van der Waals surface area contributed by atoms with Crippen molar-refractivity contribution in [3.63, 3.8) is 0 Å². The molecule has 0 aliphatic heterocycles. The summed E-state index contributed by atoms with van der Waals surface area (Å²) in [4.78, 5) is 11.5. The lowest BCUT2D eigenvalue weighted by Crippen LogP contribution is -2.42. The minimum atomic E-state index is -4.42. The van der Waals surface area contributed by atoms with E-state index in [1.54, 1.807) is 18.2 Å². The van der Waals surface area contributed by atoms with E-state index in [2.05, 4.69) is 5.32 Å². The largest absolute Gasteiger partial charge is 0.405 e. The minimum Gasteiger partial charge on any atom is -0.373 e. The highest BCUT2D eigenvalue weighted by Gasteiger charge is 2.28. The van der Waals surface area contributed by atoms with Gasteiger partial charge in [0.15, 0.2) is 0 Å². The number of halogens is 4. The maximum absolute atomic E-state index is 12.0. The van der Waals surface area contributed by atoms with E-state index in [4.69, 9.17) is 11.6 Å². The van der Waals surface area contributed by atoms with Gasteiger partial charge in [0.05, 0.1) is 10.7 Å². The number of aryl methyl sites for hydroxylation is 1. The van der Waals surface area contributed by atoms with Crippen LogP contribution in [0.3, 0.4) is 0 Å². The second kappa shape index (κ2) is 6.14. The summed E-state index contributed by atoms with van der Waals surface area (Å²) in [6, 6.07) is 4.35. The predicted octanol–water partition coefficient (Wildman–Crippen LogP) is 3.13. The third kappa shape index (κ3) is 5.38. The molecule has 0 saturated heterocycles. The van der Waals surface area contributed by atoms with Crippen molar-refractivity contribution in [3.05, 3.63) is 28.8 Å². The van der Waals surface area contributed by atoms with E-state index in [-0.39, 0.29) is 0 Å². The van der Waals surface area contributed by atoms with Crippen molar-refractivity contribution in [1.29, 1.82) is 0 Å². The van der Waals surface area contributed by atoms with Gasteiger partial charge in [-0.1, -0.05) is 17.7 Å². The van der Waals surface area contributed by atoms with Crippen LogP contribution in [0.1, 0.15) is 12.5 Å². The van der Waals surface area contributed by atoms with Crippen LogP contribution < -0.4 is 10.6 Å². The fourth-order valence-corrected chi connectivity index (χ4v) is 1.56. The van der Waals surface area contributed by atoms with Gasteiger partial charge in [-0.05, 0) is 31.5 Å². The standard InChI is InChI=1S/C12H14ClF3N2O/c1-7-3-4-9(13)10(5-7)18-8(2)11(19)17-6-12(14,15)16/h3-5,8,18H,6H2,1-2H3,(H,17,19). The highest BCUT2D eigenvalue weighted by molar-refractivity contribution is 6.33. The first-order valence-corrected chi connectivity index (χ1v) is 5.94. The fraction of sp³-hybridized carbons (Fsp3) is 0.417. The minimum absolute atomic E-state index is 0.404. The zero-order valence-corrected chi connectivity index (χ0v) is 11.2. The Morgan fingerprint density at radius 1 is 1.42 bits per heavy atom. The number of nitrogens with one attached hydrogen (secondary N) is 2. The number of amides is 1. The van der Waals surface area contributed by atoms with Gasteiger partial charge in [-0.25, -0.2) is 0 Å². The molecular weight excluding hydrogens is 281 g/mol. The quantitative estimate of drug-likeness (QED) is 0.896. The lowest BCUT2D eigenvalue weighted by molar-refractivity contribution is -0.138. The maximum atomic E-state index is 12.0. The van der Waals surface area contributed by atoms with Gasteiger partial charge in [0, 0.05) is 0 Å². The normalized spacial score (nSPS) is 12.9. The molecule has 0 saturated carbocycles. The number of alkyl halides is 3. The third-order valence-electron chi connectivity index (χ3n) is 2.35.